The lowest BCUT2D eigenvalue weighted by molar-refractivity contribution is -0.384. The van der Waals surface area contributed by atoms with Crippen LogP contribution in [0.2, 0.25) is 5.15 Å². The van der Waals surface area contributed by atoms with Crippen molar-refractivity contribution >= 4 is 28.8 Å². The number of hydrogen-bond acceptors (Lipinski definition) is 6. The molecular weight excluding hydrogens is 284 g/mol. The predicted molar refractivity (Wildman–Crippen MR) is 74.7 cm³/mol. The van der Waals surface area contributed by atoms with Gasteiger partial charge in [-0.3, -0.25) is 10.1 Å². The van der Waals surface area contributed by atoms with Gasteiger partial charge in [-0.25, -0.2) is 9.97 Å². The lowest BCUT2D eigenvalue weighted by Gasteiger charge is -2.08. The number of aryl methyl sites for hydroxylation is 1. The first kappa shape index (κ1) is 14.0. The Morgan fingerprint density at radius 1 is 1.35 bits per heavy atom. The maximum Gasteiger partial charge on any atom is 0.296 e. The van der Waals surface area contributed by atoms with Gasteiger partial charge in [-0.2, -0.15) is 0 Å². The highest BCUT2D eigenvalue weighted by Gasteiger charge is 2.16. The minimum atomic E-state index is -0.499. The van der Waals surface area contributed by atoms with Crippen molar-refractivity contribution in [2.24, 2.45) is 0 Å². The average Bonchev–Trinajstić information content (AvgIpc) is 2.37. The Morgan fingerprint density at radius 2 is 2.10 bits per heavy atom. The maximum atomic E-state index is 11.1. The number of hydrogen-bond donors (Lipinski definition) is 1. The van der Waals surface area contributed by atoms with Crippen molar-refractivity contribution in [3.05, 3.63) is 45.4 Å². The zero-order chi connectivity index (χ0) is 14.7. The molecule has 0 unspecified atom stereocenters. The van der Waals surface area contributed by atoms with Gasteiger partial charge in [0.15, 0.2) is 0 Å². The molecule has 2 rings (SSSR count). The summed E-state index contributed by atoms with van der Waals surface area (Å²) in [5.74, 6) is 1.26. The molecule has 0 saturated carbocycles. The minimum Gasteiger partial charge on any atom is -0.496 e. The van der Waals surface area contributed by atoms with Gasteiger partial charge < -0.3 is 10.1 Å². The summed E-state index contributed by atoms with van der Waals surface area (Å²) in [5, 5.41) is 14.2. The van der Waals surface area contributed by atoms with Crippen molar-refractivity contribution in [1.82, 2.24) is 9.97 Å². The number of rotatable bonds is 4. The molecule has 2 aromatic rings. The van der Waals surface area contributed by atoms with E-state index in [1.165, 1.54) is 19.2 Å². The highest BCUT2D eigenvalue weighted by molar-refractivity contribution is 6.29. The van der Waals surface area contributed by atoms with E-state index in [4.69, 9.17) is 16.3 Å². The summed E-state index contributed by atoms with van der Waals surface area (Å²) in [4.78, 5) is 18.6. The van der Waals surface area contributed by atoms with Gasteiger partial charge >= 0.3 is 0 Å². The summed E-state index contributed by atoms with van der Waals surface area (Å²) in [6.07, 6.45) is 0. The van der Waals surface area contributed by atoms with E-state index in [1.807, 2.05) is 0 Å². The zero-order valence-electron chi connectivity index (χ0n) is 10.8. The van der Waals surface area contributed by atoms with Crippen LogP contribution in [0.3, 0.4) is 0 Å². The van der Waals surface area contributed by atoms with Crippen molar-refractivity contribution < 1.29 is 9.66 Å². The van der Waals surface area contributed by atoms with E-state index >= 15 is 0 Å². The number of aromatic nitrogens is 2. The summed E-state index contributed by atoms with van der Waals surface area (Å²) in [5.41, 5.74) is 0.182. The summed E-state index contributed by atoms with van der Waals surface area (Å²) >= 11 is 5.82. The molecule has 0 radical (unpaired) electrons. The molecule has 0 aliphatic rings. The molecule has 0 aliphatic carbocycles. The Labute approximate surface area is 119 Å². The largest absolute Gasteiger partial charge is 0.496 e. The molecule has 7 nitrogen and oxygen atoms in total. The number of halogens is 1. The number of nitrogens with zero attached hydrogens (tertiary/aromatic N) is 3. The number of nitro benzene ring substituents is 1. The number of benzene rings is 1. The predicted octanol–water partition coefficient (Wildman–Crippen LogP) is 3.10. The van der Waals surface area contributed by atoms with Crippen LogP contribution in [0.4, 0.5) is 17.2 Å². The second-order valence-electron chi connectivity index (χ2n) is 3.89. The van der Waals surface area contributed by atoms with E-state index in [2.05, 4.69) is 15.3 Å². The normalized spacial score (nSPS) is 10.2. The van der Waals surface area contributed by atoms with Gasteiger partial charge in [-0.15, -0.1) is 0 Å². The maximum absolute atomic E-state index is 11.1. The molecule has 1 heterocycles. The van der Waals surface area contributed by atoms with Gasteiger partial charge in [0.1, 0.15) is 28.2 Å². The molecule has 0 atom stereocenters. The highest BCUT2D eigenvalue weighted by Crippen LogP contribution is 2.31. The molecule has 1 N–H and O–H groups in total. The van der Waals surface area contributed by atoms with Gasteiger partial charge in [0, 0.05) is 6.07 Å². The number of ether oxygens (including phenoxy) is 1. The molecule has 1 aromatic heterocycles. The first-order valence-electron chi connectivity index (χ1n) is 5.60. The van der Waals surface area contributed by atoms with Crippen LogP contribution in [0.5, 0.6) is 5.75 Å². The van der Waals surface area contributed by atoms with Crippen molar-refractivity contribution in [2.45, 2.75) is 6.92 Å². The van der Waals surface area contributed by atoms with E-state index in [1.54, 1.807) is 19.1 Å². The van der Waals surface area contributed by atoms with E-state index < -0.39 is 4.92 Å². The zero-order valence-corrected chi connectivity index (χ0v) is 11.5. The van der Waals surface area contributed by atoms with Crippen molar-refractivity contribution in [3.8, 4) is 5.75 Å². The molecule has 0 fully saturated rings. The topological polar surface area (TPSA) is 90.2 Å². The van der Waals surface area contributed by atoms with Gasteiger partial charge in [0.2, 0.25) is 0 Å². The average molecular weight is 295 g/mol. The Kier molecular flexibility index (Phi) is 3.99. The van der Waals surface area contributed by atoms with E-state index in [-0.39, 0.29) is 10.8 Å². The minimum absolute atomic E-state index is 0.114. The molecular formula is C12H11ClN4O3. The summed E-state index contributed by atoms with van der Waals surface area (Å²) in [6, 6.07) is 5.98. The fourth-order valence-electron chi connectivity index (χ4n) is 1.63. The lowest BCUT2D eigenvalue weighted by Crippen LogP contribution is -2.01. The fraction of sp³-hybridized carbons (Fsp3) is 0.167. The second kappa shape index (κ2) is 5.70. The van der Waals surface area contributed by atoms with Crippen LogP contribution in [0.25, 0.3) is 0 Å². The monoisotopic (exact) mass is 294 g/mol. The summed E-state index contributed by atoms with van der Waals surface area (Å²) < 4.78 is 4.97. The van der Waals surface area contributed by atoms with Crippen LogP contribution in [-0.2, 0) is 0 Å². The third-order valence-electron chi connectivity index (χ3n) is 2.47. The fourth-order valence-corrected chi connectivity index (χ4v) is 1.85. The van der Waals surface area contributed by atoms with Crippen molar-refractivity contribution in [3.63, 3.8) is 0 Å². The standard InChI is InChI=1S/C12H11ClN4O3/c1-7-14-11(13)6-12(15-7)16-9-4-3-8(20-2)5-10(9)17(18)19/h3-6H,1-2H3,(H,14,15,16). The number of nitrogens with one attached hydrogen (secondary N) is 1. The van der Waals surface area contributed by atoms with Crippen LogP contribution >= 0.6 is 11.6 Å². The van der Waals surface area contributed by atoms with Gasteiger partial charge in [-0.05, 0) is 19.1 Å². The molecule has 0 aliphatic heterocycles. The SMILES string of the molecule is COc1ccc(Nc2cc(Cl)nc(C)n2)c([N+](=O)[O-])c1. The number of nitro groups is 1. The van der Waals surface area contributed by atoms with Crippen molar-refractivity contribution in [1.29, 1.82) is 0 Å². The molecule has 104 valence electrons. The molecule has 0 amide bonds. The van der Waals surface area contributed by atoms with E-state index in [0.29, 0.717) is 23.1 Å². The smallest absolute Gasteiger partial charge is 0.296 e. The lowest BCUT2D eigenvalue weighted by atomic mass is 10.2. The number of methoxy groups -OCH3 is 1. The molecule has 8 heteroatoms. The van der Waals surface area contributed by atoms with Crippen LogP contribution in [0.15, 0.2) is 24.3 Å². The van der Waals surface area contributed by atoms with Gasteiger partial charge in [0.25, 0.3) is 5.69 Å². The Balaban J connectivity index is 2.39. The van der Waals surface area contributed by atoms with Gasteiger partial charge in [0.05, 0.1) is 18.1 Å². The van der Waals surface area contributed by atoms with Gasteiger partial charge in [-0.1, -0.05) is 11.6 Å². The van der Waals surface area contributed by atoms with E-state index in [0.717, 1.165) is 0 Å². The third-order valence-corrected chi connectivity index (χ3v) is 2.66. The first-order valence-corrected chi connectivity index (χ1v) is 5.98. The quantitative estimate of drug-likeness (QED) is 0.529. The van der Waals surface area contributed by atoms with Crippen LogP contribution in [-0.4, -0.2) is 22.0 Å². The molecule has 1 aromatic carbocycles. The highest BCUT2D eigenvalue weighted by atomic mass is 35.5. The Morgan fingerprint density at radius 3 is 2.70 bits per heavy atom. The van der Waals surface area contributed by atoms with Crippen LogP contribution < -0.4 is 10.1 Å². The van der Waals surface area contributed by atoms with Crippen LogP contribution in [0.1, 0.15) is 5.82 Å². The van der Waals surface area contributed by atoms with Crippen LogP contribution in [0, 0.1) is 17.0 Å². The Bertz CT molecular complexity index is 643. The number of anilines is 2. The molecule has 0 bridgehead atoms. The third kappa shape index (κ3) is 3.12. The molecule has 20 heavy (non-hydrogen) atoms. The Hall–Kier alpha value is -2.41. The second-order valence-corrected chi connectivity index (χ2v) is 4.28. The summed E-state index contributed by atoms with van der Waals surface area (Å²) in [7, 11) is 1.44. The van der Waals surface area contributed by atoms with Crippen molar-refractivity contribution in [2.75, 3.05) is 12.4 Å². The molecule has 0 spiro atoms. The first-order chi connectivity index (χ1) is 9.49. The molecule has 0 saturated heterocycles. The summed E-state index contributed by atoms with van der Waals surface area (Å²) in [6.45, 7) is 1.68. The van der Waals surface area contributed by atoms with E-state index in [9.17, 15) is 10.1 Å².